The van der Waals surface area contributed by atoms with Crippen molar-refractivity contribution in [2.24, 2.45) is 0 Å². The van der Waals surface area contributed by atoms with Crippen LogP contribution in [0.4, 0.5) is 0 Å². The highest BCUT2D eigenvalue weighted by molar-refractivity contribution is 8.00. The molecule has 1 rings (SSSR count). The Labute approximate surface area is 92.5 Å². The molecule has 0 bridgehead atoms. The first-order valence-corrected chi connectivity index (χ1v) is 5.25. The number of rotatable bonds is 2. The van der Waals surface area contributed by atoms with Crippen LogP contribution in [0.15, 0.2) is 5.16 Å². The summed E-state index contributed by atoms with van der Waals surface area (Å²) in [5, 5.41) is 0.734. The van der Waals surface area contributed by atoms with Gasteiger partial charge in [-0.1, -0.05) is 32.5 Å². The Bertz CT molecular complexity index is 327. The molecular formula is C8H12ClN3OS. The van der Waals surface area contributed by atoms with Crippen molar-refractivity contribution in [3.05, 3.63) is 5.28 Å². The summed E-state index contributed by atoms with van der Waals surface area (Å²) in [6.07, 6.45) is 0. The number of ether oxygens (including phenoxy) is 1. The maximum Gasteiger partial charge on any atom is 0.321 e. The van der Waals surface area contributed by atoms with Gasteiger partial charge in [-0.25, -0.2) is 0 Å². The van der Waals surface area contributed by atoms with E-state index in [2.05, 4.69) is 35.7 Å². The lowest BCUT2D eigenvalue weighted by molar-refractivity contribution is 0.372. The first-order valence-electron chi connectivity index (χ1n) is 4.05. The second kappa shape index (κ2) is 4.31. The van der Waals surface area contributed by atoms with Gasteiger partial charge in [0.25, 0.3) is 0 Å². The van der Waals surface area contributed by atoms with Crippen LogP contribution in [0.1, 0.15) is 20.8 Å². The molecule has 1 aromatic heterocycles. The molecule has 0 atom stereocenters. The van der Waals surface area contributed by atoms with Crippen LogP contribution in [0.25, 0.3) is 0 Å². The van der Waals surface area contributed by atoms with Gasteiger partial charge in [0.1, 0.15) is 0 Å². The number of nitrogens with zero attached hydrogens (tertiary/aromatic N) is 3. The number of hydrogen-bond donors (Lipinski definition) is 0. The van der Waals surface area contributed by atoms with Crippen LogP contribution in [0.2, 0.25) is 5.28 Å². The Hall–Kier alpha value is -0.550. The Morgan fingerprint density at radius 1 is 1.21 bits per heavy atom. The molecule has 0 saturated heterocycles. The number of hydrogen-bond acceptors (Lipinski definition) is 5. The highest BCUT2D eigenvalue weighted by Crippen LogP contribution is 2.30. The van der Waals surface area contributed by atoms with Crippen molar-refractivity contribution < 1.29 is 4.74 Å². The Morgan fingerprint density at radius 3 is 2.36 bits per heavy atom. The first-order chi connectivity index (χ1) is 6.40. The lowest BCUT2D eigenvalue weighted by Crippen LogP contribution is -2.09. The van der Waals surface area contributed by atoms with Crippen molar-refractivity contribution in [3.63, 3.8) is 0 Å². The smallest absolute Gasteiger partial charge is 0.321 e. The van der Waals surface area contributed by atoms with Gasteiger partial charge in [-0.05, 0) is 11.6 Å². The summed E-state index contributed by atoms with van der Waals surface area (Å²) in [7, 11) is 1.50. The molecule has 78 valence electrons. The highest BCUT2D eigenvalue weighted by atomic mass is 35.5. The van der Waals surface area contributed by atoms with Gasteiger partial charge in [-0.15, -0.1) is 0 Å². The third-order valence-corrected chi connectivity index (χ3v) is 2.29. The molecular weight excluding hydrogens is 222 g/mol. The molecule has 1 heterocycles. The van der Waals surface area contributed by atoms with E-state index in [1.54, 1.807) is 0 Å². The van der Waals surface area contributed by atoms with Gasteiger partial charge in [-0.2, -0.15) is 15.0 Å². The van der Waals surface area contributed by atoms with Crippen LogP contribution in [-0.4, -0.2) is 26.8 Å². The van der Waals surface area contributed by atoms with E-state index in [9.17, 15) is 0 Å². The molecule has 0 saturated carbocycles. The molecule has 0 amide bonds. The van der Waals surface area contributed by atoms with Crippen LogP contribution in [0, 0.1) is 0 Å². The van der Waals surface area contributed by atoms with E-state index in [4.69, 9.17) is 16.3 Å². The van der Waals surface area contributed by atoms with Crippen LogP contribution in [0.3, 0.4) is 0 Å². The fourth-order valence-electron chi connectivity index (χ4n) is 0.725. The first kappa shape index (κ1) is 11.5. The lowest BCUT2D eigenvalue weighted by Gasteiger charge is -2.15. The normalized spacial score (nSPS) is 11.5. The fraction of sp³-hybridized carbons (Fsp3) is 0.625. The van der Waals surface area contributed by atoms with Gasteiger partial charge < -0.3 is 4.74 Å². The average molecular weight is 234 g/mol. The van der Waals surface area contributed by atoms with E-state index in [0.717, 1.165) is 0 Å². The van der Waals surface area contributed by atoms with Crippen LogP contribution >= 0.6 is 23.4 Å². The molecule has 0 aliphatic carbocycles. The summed E-state index contributed by atoms with van der Waals surface area (Å²) < 4.78 is 4.93. The molecule has 1 aromatic rings. The summed E-state index contributed by atoms with van der Waals surface area (Å²) >= 11 is 7.22. The minimum Gasteiger partial charge on any atom is -0.467 e. The van der Waals surface area contributed by atoms with Crippen molar-refractivity contribution in [1.82, 2.24) is 15.0 Å². The summed E-state index contributed by atoms with van der Waals surface area (Å²) in [5.74, 6) is 0. The second-order valence-electron chi connectivity index (χ2n) is 3.59. The fourth-order valence-corrected chi connectivity index (χ4v) is 1.73. The second-order valence-corrected chi connectivity index (χ2v) is 5.72. The molecule has 0 N–H and O–H groups in total. The van der Waals surface area contributed by atoms with E-state index >= 15 is 0 Å². The molecule has 14 heavy (non-hydrogen) atoms. The Morgan fingerprint density at radius 2 is 1.86 bits per heavy atom. The zero-order valence-electron chi connectivity index (χ0n) is 8.54. The van der Waals surface area contributed by atoms with Crippen LogP contribution in [0.5, 0.6) is 6.01 Å². The maximum absolute atomic E-state index is 5.70. The number of methoxy groups -OCH3 is 1. The van der Waals surface area contributed by atoms with E-state index in [1.807, 2.05) is 0 Å². The Balaban J connectivity index is 2.92. The van der Waals surface area contributed by atoms with Gasteiger partial charge in [0.15, 0.2) is 5.16 Å². The number of aromatic nitrogens is 3. The van der Waals surface area contributed by atoms with Crippen molar-refractivity contribution in [2.75, 3.05) is 7.11 Å². The van der Waals surface area contributed by atoms with Gasteiger partial charge in [0.2, 0.25) is 5.28 Å². The topological polar surface area (TPSA) is 47.9 Å². The zero-order valence-corrected chi connectivity index (χ0v) is 10.1. The van der Waals surface area contributed by atoms with Crippen LogP contribution in [-0.2, 0) is 0 Å². The van der Waals surface area contributed by atoms with Gasteiger partial charge >= 0.3 is 6.01 Å². The van der Waals surface area contributed by atoms with Crippen LogP contribution < -0.4 is 4.74 Å². The van der Waals surface area contributed by atoms with Crippen molar-refractivity contribution in [1.29, 1.82) is 0 Å². The molecule has 0 unspecified atom stereocenters. The minimum atomic E-state index is 0.0374. The molecule has 0 aliphatic heterocycles. The third kappa shape index (κ3) is 3.67. The monoisotopic (exact) mass is 233 g/mol. The molecule has 0 spiro atoms. The van der Waals surface area contributed by atoms with E-state index in [0.29, 0.717) is 5.16 Å². The summed E-state index contributed by atoms with van der Waals surface area (Å²) in [6, 6.07) is 0.247. The minimum absolute atomic E-state index is 0.0374. The molecule has 4 nitrogen and oxygen atoms in total. The highest BCUT2D eigenvalue weighted by Gasteiger charge is 2.16. The van der Waals surface area contributed by atoms with Crippen molar-refractivity contribution >= 4 is 23.4 Å². The third-order valence-electron chi connectivity index (χ3n) is 1.15. The number of halogens is 1. The van der Waals surface area contributed by atoms with Crippen molar-refractivity contribution in [3.8, 4) is 6.01 Å². The van der Waals surface area contributed by atoms with E-state index in [1.165, 1.54) is 18.9 Å². The molecule has 0 fully saturated rings. The quantitative estimate of drug-likeness (QED) is 0.735. The molecule has 0 radical (unpaired) electrons. The van der Waals surface area contributed by atoms with E-state index < -0.39 is 0 Å². The average Bonchev–Trinajstić information content (AvgIpc) is 1.99. The SMILES string of the molecule is COc1nc(Cl)nc(SC(C)(C)C)n1. The van der Waals surface area contributed by atoms with E-state index in [-0.39, 0.29) is 16.0 Å². The predicted octanol–water partition coefficient (Wildman–Crippen LogP) is 2.42. The zero-order chi connectivity index (χ0) is 10.8. The Kier molecular flexibility index (Phi) is 3.55. The van der Waals surface area contributed by atoms with Crippen molar-refractivity contribution in [2.45, 2.75) is 30.7 Å². The van der Waals surface area contributed by atoms with Gasteiger partial charge in [-0.3, -0.25) is 0 Å². The largest absolute Gasteiger partial charge is 0.467 e. The summed E-state index contributed by atoms with van der Waals surface area (Å²) in [4.78, 5) is 11.9. The standard InChI is InChI=1S/C8H12ClN3OS/c1-8(2,3)14-7-11-5(9)10-6(12-7)13-4/h1-4H3. The molecule has 0 aromatic carbocycles. The maximum atomic E-state index is 5.70. The summed E-state index contributed by atoms with van der Waals surface area (Å²) in [5.41, 5.74) is 0. The summed E-state index contributed by atoms with van der Waals surface area (Å²) in [6.45, 7) is 6.21. The molecule has 0 aliphatic rings. The lowest BCUT2D eigenvalue weighted by atomic mass is 10.3. The van der Waals surface area contributed by atoms with Gasteiger partial charge in [0, 0.05) is 4.75 Å². The van der Waals surface area contributed by atoms with Gasteiger partial charge in [0.05, 0.1) is 7.11 Å². The molecule has 6 heteroatoms. The number of thioether (sulfide) groups is 1. The predicted molar refractivity (Wildman–Crippen MR) is 57.0 cm³/mol.